The van der Waals surface area contributed by atoms with E-state index in [4.69, 9.17) is 0 Å². The van der Waals surface area contributed by atoms with Gasteiger partial charge in [0.2, 0.25) is 11.9 Å². The Bertz CT molecular complexity index is 924. The molecule has 0 saturated carbocycles. The van der Waals surface area contributed by atoms with Crippen LogP contribution in [-0.2, 0) is 4.79 Å². The molecule has 7 heteroatoms. The number of rotatable bonds is 5. The highest BCUT2D eigenvalue weighted by atomic mass is 16.1. The van der Waals surface area contributed by atoms with Crippen LogP contribution in [0.25, 0.3) is 0 Å². The predicted molar refractivity (Wildman–Crippen MR) is 103 cm³/mol. The summed E-state index contributed by atoms with van der Waals surface area (Å²) in [4.78, 5) is 15.5. The molecule has 0 aliphatic heterocycles. The molecule has 132 valence electrons. The standard InChI is InChI=1S/C19H20N6O/c1-12-4-5-17(10-13(12)2)23-19-24-18(11-20-25-19)22-16-8-6-15(7-9-16)21-14(3)26/h4-11H,1-3H3,(H,21,26)(H2,22,23,24,25). The molecule has 0 saturated heterocycles. The van der Waals surface area contributed by atoms with Crippen LogP contribution < -0.4 is 16.0 Å². The number of nitrogens with one attached hydrogen (secondary N) is 3. The molecule has 7 nitrogen and oxygen atoms in total. The maximum absolute atomic E-state index is 11.1. The summed E-state index contributed by atoms with van der Waals surface area (Å²) in [5, 5.41) is 17.0. The van der Waals surface area contributed by atoms with Gasteiger partial charge < -0.3 is 16.0 Å². The van der Waals surface area contributed by atoms with Gasteiger partial charge in [-0.05, 0) is 61.4 Å². The Morgan fingerprint density at radius 1 is 0.885 bits per heavy atom. The Labute approximate surface area is 151 Å². The second-order valence-electron chi connectivity index (χ2n) is 5.97. The first-order chi connectivity index (χ1) is 12.5. The van der Waals surface area contributed by atoms with E-state index in [1.807, 2.05) is 42.5 Å². The van der Waals surface area contributed by atoms with E-state index in [1.54, 1.807) is 6.20 Å². The maximum atomic E-state index is 11.1. The van der Waals surface area contributed by atoms with Crippen molar-refractivity contribution in [2.45, 2.75) is 20.8 Å². The minimum absolute atomic E-state index is 0.104. The summed E-state index contributed by atoms with van der Waals surface area (Å²) < 4.78 is 0. The minimum Gasteiger partial charge on any atom is -0.339 e. The summed E-state index contributed by atoms with van der Waals surface area (Å²) in [5.41, 5.74) is 4.90. The van der Waals surface area contributed by atoms with Crippen LogP contribution in [0.3, 0.4) is 0 Å². The lowest BCUT2D eigenvalue weighted by Gasteiger charge is -2.09. The van der Waals surface area contributed by atoms with E-state index < -0.39 is 0 Å². The zero-order chi connectivity index (χ0) is 18.5. The fraction of sp³-hybridized carbons (Fsp3) is 0.158. The average Bonchev–Trinajstić information content (AvgIpc) is 2.60. The lowest BCUT2D eigenvalue weighted by molar-refractivity contribution is -0.114. The van der Waals surface area contributed by atoms with Crippen molar-refractivity contribution in [2.75, 3.05) is 16.0 Å². The highest BCUT2D eigenvalue weighted by Crippen LogP contribution is 2.20. The summed E-state index contributed by atoms with van der Waals surface area (Å²) >= 11 is 0. The van der Waals surface area contributed by atoms with Gasteiger partial charge >= 0.3 is 0 Å². The molecule has 0 bridgehead atoms. The summed E-state index contributed by atoms with van der Waals surface area (Å²) in [7, 11) is 0. The molecule has 2 aromatic carbocycles. The van der Waals surface area contributed by atoms with Gasteiger partial charge in [0.15, 0.2) is 5.82 Å². The number of aromatic nitrogens is 3. The van der Waals surface area contributed by atoms with Crippen molar-refractivity contribution < 1.29 is 4.79 Å². The molecular formula is C19H20N6O. The Kier molecular flexibility index (Phi) is 5.07. The van der Waals surface area contributed by atoms with E-state index >= 15 is 0 Å². The second-order valence-corrected chi connectivity index (χ2v) is 5.97. The van der Waals surface area contributed by atoms with Gasteiger partial charge in [0.1, 0.15) is 0 Å². The number of carbonyl (C=O) groups excluding carboxylic acids is 1. The Balaban J connectivity index is 1.70. The van der Waals surface area contributed by atoms with Crippen molar-refractivity contribution in [2.24, 2.45) is 0 Å². The van der Waals surface area contributed by atoms with Gasteiger partial charge in [-0.2, -0.15) is 10.1 Å². The molecule has 0 atom stereocenters. The molecule has 1 aromatic heterocycles. The number of anilines is 5. The third-order valence-electron chi connectivity index (χ3n) is 3.80. The fourth-order valence-electron chi connectivity index (χ4n) is 2.35. The summed E-state index contributed by atoms with van der Waals surface area (Å²) in [6, 6.07) is 13.4. The van der Waals surface area contributed by atoms with Gasteiger partial charge in [-0.25, -0.2) is 0 Å². The maximum Gasteiger partial charge on any atom is 0.249 e. The summed E-state index contributed by atoms with van der Waals surface area (Å²) in [6.07, 6.45) is 1.55. The summed E-state index contributed by atoms with van der Waals surface area (Å²) in [6.45, 7) is 5.60. The predicted octanol–water partition coefficient (Wildman–Crippen LogP) is 3.93. The third-order valence-corrected chi connectivity index (χ3v) is 3.80. The van der Waals surface area contributed by atoms with Crippen LogP contribution in [0.2, 0.25) is 0 Å². The van der Waals surface area contributed by atoms with Crippen LogP contribution >= 0.6 is 0 Å². The highest BCUT2D eigenvalue weighted by molar-refractivity contribution is 5.88. The molecular weight excluding hydrogens is 328 g/mol. The fourth-order valence-corrected chi connectivity index (χ4v) is 2.35. The normalized spacial score (nSPS) is 10.3. The Morgan fingerprint density at radius 2 is 1.58 bits per heavy atom. The van der Waals surface area contributed by atoms with Gasteiger partial charge in [-0.3, -0.25) is 4.79 Å². The number of benzene rings is 2. The monoisotopic (exact) mass is 348 g/mol. The number of hydrogen-bond acceptors (Lipinski definition) is 6. The zero-order valence-electron chi connectivity index (χ0n) is 14.9. The smallest absolute Gasteiger partial charge is 0.249 e. The van der Waals surface area contributed by atoms with Crippen molar-refractivity contribution in [3.8, 4) is 0 Å². The van der Waals surface area contributed by atoms with Gasteiger partial charge in [0, 0.05) is 24.0 Å². The van der Waals surface area contributed by atoms with Gasteiger partial charge in [0.05, 0.1) is 6.20 Å². The lowest BCUT2D eigenvalue weighted by atomic mass is 10.1. The van der Waals surface area contributed by atoms with Gasteiger partial charge in [-0.15, -0.1) is 5.10 Å². The molecule has 0 aliphatic carbocycles. The molecule has 26 heavy (non-hydrogen) atoms. The highest BCUT2D eigenvalue weighted by Gasteiger charge is 2.04. The third kappa shape index (κ3) is 4.54. The number of hydrogen-bond donors (Lipinski definition) is 3. The molecule has 3 rings (SSSR count). The van der Waals surface area contributed by atoms with Crippen molar-refractivity contribution in [1.29, 1.82) is 0 Å². The number of amides is 1. The van der Waals surface area contributed by atoms with E-state index in [2.05, 4.69) is 45.0 Å². The number of aryl methyl sites for hydroxylation is 2. The molecule has 0 radical (unpaired) electrons. The van der Waals surface area contributed by atoms with Gasteiger partial charge in [0.25, 0.3) is 0 Å². The number of nitrogens with zero attached hydrogens (tertiary/aromatic N) is 3. The average molecular weight is 348 g/mol. The van der Waals surface area contributed by atoms with E-state index in [9.17, 15) is 4.79 Å². The van der Waals surface area contributed by atoms with Crippen molar-refractivity contribution in [3.63, 3.8) is 0 Å². The molecule has 0 spiro atoms. The van der Waals surface area contributed by atoms with Crippen LogP contribution in [-0.4, -0.2) is 21.1 Å². The molecule has 1 amide bonds. The quantitative estimate of drug-likeness (QED) is 0.647. The SMILES string of the molecule is CC(=O)Nc1ccc(Nc2cnnc(Nc3ccc(C)c(C)c3)n2)cc1. The van der Waals surface area contributed by atoms with Crippen LogP contribution in [0.15, 0.2) is 48.7 Å². The van der Waals surface area contributed by atoms with Crippen LogP contribution in [0, 0.1) is 13.8 Å². The zero-order valence-corrected chi connectivity index (χ0v) is 14.9. The van der Waals surface area contributed by atoms with Gasteiger partial charge in [-0.1, -0.05) is 6.07 Å². The van der Waals surface area contributed by atoms with E-state index in [1.165, 1.54) is 18.1 Å². The Morgan fingerprint density at radius 3 is 2.27 bits per heavy atom. The Hall–Kier alpha value is -3.48. The molecule has 0 fully saturated rings. The van der Waals surface area contributed by atoms with Crippen molar-refractivity contribution in [3.05, 3.63) is 59.8 Å². The van der Waals surface area contributed by atoms with Crippen LogP contribution in [0.5, 0.6) is 0 Å². The minimum atomic E-state index is -0.104. The number of carbonyl (C=O) groups is 1. The molecule has 3 aromatic rings. The lowest BCUT2D eigenvalue weighted by Crippen LogP contribution is -2.05. The topological polar surface area (TPSA) is 91.8 Å². The second kappa shape index (κ2) is 7.60. The first-order valence-corrected chi connectivity index (χ1v) is 8.18. The van der Waals surface area contributed by atoms with Crippen molar-refractivity contribution in [1.82, 2.24) is 15.2 Å². The first kappa shape index (κ1) is 17.3. The molecule has 3 N–H and O–H groups in total. The largest absolute Gasteiger partial charge is 0.339 e. The van der Waals surface area contributed by atoms with Crippen LogP contribution in [0.1, 0.15) is 18.1 Å². The van der Waals surface area contributed by atoms with E-state index in [-0.39, 0.29) is 5.91 Å². The van der Waals surface area contributed by atoms with Crippen LogP contribution in [0.4, 0.5) is 28.8 Å². The van der Waals surface area contributed by atoms with E-state index in [0.29, 0.717) is 11.8 Å². The molecule has 0 unspecified atom stereocenters. The first-order valence-electron chi connectivity index (χ1n) is 8.18. The van der Waals surface area contributed by atoms with E-state index in [0.717, 1.165) is 17.1 Å². The molecule has 0 aliphatic rings. The van der Waals surface area contributed by atoms with Crippen molar-refractivity contribution >= 4 is 34.7 Å². The molecule has 1 heterocycles. The summed E-state index contributed by atoms with van der Waals surface area (Å²) in [5.74, 6) is 0.875.